The smallest absolute Gasteiger partial charge is 0.220 e. The average molecular weight is 516 g/mol. The van der Waals surface area contributed by atoms with Gasteiger partial charge in [-0.25, -0.2) is 0 Å². The maximum Gasteiger partial charge on any atom is 0.220 e. The second-order valence-corrected chi connectivity index (χ2v) is 9.19. The molecule has 1 aromatic heterocycles. The van der Waals surface area contributed by atoms with Crippen LogP contribution in [0, 0.1) is 28.4 Å². The minimum Gasteiger partial charge on any atom is -0.490 e. The van der Waals surface area contributed by atoms with Crippen molar-refractivity contribution in [2.45, 2.75) is 30.9 Å². The fourth-order valence-corrected chi connectivity index (χ4v) is 4.95. The van der Waals surface area contributed by atoms with Gasteiger partial charge in [-0.2, -0.15) is 5.26 Å². The molecule has 0 bridgehead atoms. The number of rotatable bonds is 11. The number of nitriles is 1. The van der Waals surface area contributed by atoms with Crippen molar-refractivity contribution in [2.24, 2.45) is 0 Å². The summed E-state index contributed by atoms with van der Waals surface area (Å²) < 4.78 is 13.7. The van der Waals surface area contributed by atoms with E-state index < -0.39 is 5.25 Å². The molecule has 0 aliphatic rings. The van der Waals surface area contributed by atoms with Crippen molar-refractivity contribution in [2.75, 3.05) is 13.2 Å². The third-order valence-corrected chi connectivity index (χ3v) is 6.71. The Balaban J connectivity index is 1.63. The van der Waals surface area contributed by atoms with Gasteiger partial charge in [0.05, 0.1) is 18.2 Å². The molecule has 0 unspecified atom stereocenters. The van der Waals surface area contributed by atoms with Crippen molar-refractivity contribution in [1.29, 1.82) is 5.26 Å². The lowest BCUT2D eigenvalue weighted by atomic mass is 10.1. The lowest BCUT2D eigenvalue weighted by Crippen LogP contribution is -2.12. The SMILES string of the molecule is CCOc1cc([C@@H](C[N+](=O)[O-])Sc2nnc(C)n2-c2ccccc2)ccc1OCc1ccccc1C#N. The van der Waals surface area contributed by atoms with Crippen molar-refractivity contribution in [1.82, 2.24) is 14.8 Å². The molecule has 4 aromatic rings. The number of nitro groups is 1. The third-order valence-electron chi connectivity index (χ3n) is 5.53. The minimum atomic E-state index is -0.548. The molecular formula is C27H25N5O4S. The summed E-state index contributed by atoms with van der Waals surface area (Å²) in [5, 5.41) is 29.4. The van der Waals surface area contributed by atoms with Gasteiger partial charge in [0, 0.05) is 16.2 Å². The predicted molar refractivity (Wildman–Crippen MR) is 140 cm³/mol. The molecule has 0 aliphatic carbocycles. The highest BCUT2D eigenvalue weighted by Gasteiger charge is 2.25. The van der Waals surface area contributed by atoms with Crippen LogP contribution in [-0.2, 0) is 6.61 Å². The number of aromatic nitrogens is 3. The standard InChI is InChI=1S/C27H25N5O4S/c1-3-35-25-15-20(13-14-24(25)36-18-22-10-8-7-9-21(22)16-28)26(17-31(33)34)37-27-30-29-19(2)32(27)23-11-5-4-6-12-23/h4-15,26H,3,17-18H2,1-2H3/t26-/m1/s1. The zero-order valence-corrected chi connectivity index (χ0v) is 21.2. The first-order valence-electron chi connectivity index (χ1n) is 11.6. The van der Waals surface area contributed by atoms with E-state index in [0.717, 1.165) is 11.3 Å². The Bertz CT molecular complexity index is 1420. The van der Waals surface area contributed by atoms with E-state index in [1.54, 1.807) is 30.3 Å². The zero-order chi connectivity index (χ0) is 26.2. The molecule has 0 saturated carbocycles. The van der Waals surface area contributed by atoms with E-state index in [1.165, 1.54) is 11.8 Å². The molecule has 188 valence electrons. The number of hydrogen-bond acceptors (Lipinski definition) is 8. The molecule has 3 aromatic carbocycles. The van der Waals surface area contributed by atoms with E-state index in [9.17, 15) is 15.4 Å². The summed E-state index contributed by atoms with van der Waals surface area (Å²) in [4.78, 5) is 11.3. The van der Waals surface area contributed by atoms with Gasteiger partial charge in [-0.1, -0.05) is 54.2 Å². The fraction of sp³-hybridized carbons (Fsp3) is 0.222. The molecule has 0 aliphatic heterocycles. The Labute approximate surface area is 218 Å². The summed E-state index contributed by atoms with van der Waals surface area (Å²) >= 11 is 1.28. The largest absolute Gasteiger partial charge is 0.490 e. The monoisotopic (exact) mass is 515 g/mol. The number of benzene rings is 3. The highest BCUT2D eigenvalue weighted by Crippen LogP contribution is 2.39. The summed E-state index contributed by atoms with van der Waals surface area (Å²) in [7, 11) is 0. The molecule has 9 nitrogen and oxygen atoms in total. The van der Waals surface area contributed by atoms with Crippen molar-refractivity contribution in [3.8, 4) is 23.3 Å². The molecular weight excluding hydrogens is 490 g/mol. The van der Waals surface area contributed by atoms with Crippen LogP contribution < -0.4 is 9.47 Å². The lowest BCUT2D eigenvalue weighted by molar-refractivity contribution is -0.479. The number of nitrogens with zero attached hydrogens (tertiary/aromatic N) is 5. The summed E-state index contributed by atoms with van der Waals surface area (Å²) in [6.07, 6.45) is 0. The number of aryl methyl sites for hydroxylation is 1. The Morgan fingerprint density at radius 2 is 1.81 bits per heavy atom. The molecule has 37 heavy (non-hydrogen) atoms. The van der Waals surface area contributed by atoms with E-state index in [-0.39, 0.29) is 18.1 Å². The highest BCUT2D eigenvalue weighted by atomic mass is 32.2. The number of para-hydroxylation sites is 1. The molecule has 0 amide bonds. The van der Waals surface area contributed by atoms with Crippen LogP contribution in [0.1, 0.15) is 34.7 Å². The van der Waals surface area contributed by atoms with Gasteiger partial charge < -0.3 is 9.47 Å². The lowest BCUT2D eigenvalue weighted by Gasteiger charge is -2.17. The molecule has 4 rings (SSSR count). The van der Waals surface area contributed by atoms with E-state index in [1.807, 2.05) is 60.9 Å². The summed E-state index contributed by atoms with van der Waals surface area (Å²) in [6, 6.07) is 24.3. The molecule has 0 fully saturated rings. The second-order valence-electron chi connectivity index (χ2n) is 8.02. The van der Waals surface area contributed by atoms with Crippen LogP contribution in [0.2, 0.25) is 0 Å². The first-order valence-corrected chi connectivity index (χ1v) is 12.5. The number of hydrogen-bond donors (Lipinski definition) is 0. The van der Waals surface area contributed by atoms with Crippen LogP contribution in [0.5, 0.6) is 11.5 Å². The molecule has 0 spiro atoms. The van der Waals surface area contributed by atoms with Crippen molar-refractivity contribution in [3.63, 3.8) is 0 Å². The van der Waals surface area contributed by atoms with Crippen LogP contribution in [0.3, 0.4) is 0 Å². The quantitative estimate of drug-likeness (QED) is 0.145. The Morgan fingerprint density at radius 1 is 1.05 bits per heavy atom. The topological polar surface area (TPSA) is 116 Å². The van der Waals surface area contributed by atoms with Crippen LogP contribution in [-0.4, -0.2) is 32.8 Å². The molecule has 1 atom stereocenters. The Hall–Kier alpha value is -4.36. The molecule has 1 heterocycles. The molecule has 0 saturated heterocycles. The van der Waals surface area contributed by atoms with Gasteiger partial charge >= 0.3 is 0 Å². The van der Waals surface area contributed by atoms with Crippen molar-refractivity contribution < 1.29 is 14.4 Å². The van der Waals surface area contributed by atoms with Gasteiger partial charge in [0.1, 0.15) is 17.7 Å². The van der Waals surface area contributed by atoms with Crippen LogP contribution in [0.15, 0.2) is 78.0 Å². The first-order chi connectivity index (χ1) is 18.0. The maximum atomic E-state index is 11.6. The van der Waals surface area contributed by atoms with E-state index in [0.29, 0.717) is 40.2 Å². The first kappa shape index (κ1) is 25.7. The van der Waals surface area contributed by atoms with E-state index >= 15 is 0 Å². The third kappa shape index (κ3) is 6.26. The highest BCUT2D eigenvalue weighted by molar-refractivity contribution is 7.99. The van der Waals surface area contributed by atoms with Gasteiger partial charge in [0.2, 0.25) is 6.54 Å². The van der Waals surface area contributed by atoms with Crippen LogP contribution in [0.4, 0.5) is 0 Å². The number of ether oxygens (including phenoxy) is 2. The van der Waals surface area contributed by atoms with Crippen molar-refractivity contribution >= 4 is 11.8 Å². The second kappa shape index (κ2) is 12.1. The van der Waals surface area contributed by atoms with Gasteiger partial charge in [-0.15, -0.1) is 10.2 Å². The number of thioether (sulfide) groups is 1. The Kier molecular flexibility index (Phi) is 8.38. The average Bonchev–Trinajstić information content (AvgIpc) is 3.27. The molecule has 0 N–H and O–H groups in total. The van der Waals surface area contributed by atoms with Gasteiger partial charge in [-0.05, 0) is 49.7 Å². The van der Waals surface area contributed by atoms with E-state index in [4.69, 9.17) is 9.47 Å². The molecule has 0 radical (unpaired) electrons. The summed E-state index contributed by atoms with van der Waals surface area (Å²) in [6.45, 7) is 3.97. The van der Waals surface area contributed by atoms with E-state index in [2.05, 4.69) is 16.3 Å². The Morgan fingerprint density at radius 3 is 2.54 bits per heavy atom. The van der Waals surface area contributed by atoms with Gasteiger partial charge in [-0.3, -0.25) is 14.7 Å². The normalized spacial score (nSPS) is 11.5. The van der Waals surface area contributed by atoms with Crippen molar-refractivity contribution in [3.05, 3.63) is 105 Å². The van der Waals surface area contributed by atoms with Gasteiger partial charge in [0.25, 0.3) is 0 Å². The van der Waals surface area contributed by atoms with Crippen LogP contribution in [0.25, 0.3) is 5.69 Å². The predicted octanol–water partition coefficient (Wildman–Crippen LogP) is 5.54. The summed E-state index contributed by atoms with van der Waals surface area (Å²) in [5.41, 5.74) is 2.88. The fourth-order valence-electron chi connectivity index (χ4n) is 3.79. The maximum absolute atomic E-state index is 11.6. The molecule has 10 heteroatoms. The minimum absolute atomic E-state index is 0.190. The summed E-state index contributed by atoms with van der Waals surface area (Å²) in [5.74, 6) is 1.65. The zero-order valence-electron chi connectivity index (χ0n) is 20.4. The van der Waals surface area contributed by atoms with Crippen LogP contribution >= 0.6 is 11.8 Å². The van der Waals surface area contributed by atoms with Gasteiger partial charge in [0.15, 0.2) is 16.7 Å².